The van der Waals surface area contributed by atoms with Crippen molar-refractivity contribution < 1.29 is 43.2 Å². The van der Waals surface area contributed by atoms with E-state index in [4.69, 9.17) is 0 Å². The molecule has 0 aromatic heterocycles. The molecule has 4 heteroatoms. The Labute approximate surface area is 322 Å². The molecule has 0 radical (unpaired) electrons. The van der Waals surface area contributed by atoms with Gasteiger partial charge >= 0.3 is 301 Å². The Kier molecular flexibility index (Phi) is 10.5. The average Bonchev–Trinajstić information content (AvgIpc) is 3.61. The molecule has 0 heterocycles. The van der Waals surface area contributed by atoms with Crippen molar-refractivity contribution >= 4 is 47.1 Å². The Morgan fingerprint density at radius 2 is 0.784 bits per heavy atom. The van der Waals surface area contributed by atoms with Gasteiger partial charge in [0.15, 0.2) is 0 Å². The van der Waals surface area contributed by atoms with Crippen LogP contribution in [0.15, 0.2) is 175 Å². The van der Waals surface area contributed by atoms with Gasteiger partial charge in [0.05, 0.1) is 0 Å². The van der Waals surface area contributed by atoms with Crippen LogP contribution >= 0.6 is 0 Å². The number of allylic oxidation sites excluding steroid dienone is 2. The number of halogens is 2. The fourth-order valence-corrected chi connectivity index (χ4v) is 61.0. The Morgan fingerprint density at radius 3 is 1.27 bits per heavy atom. The first-order valence-electron chi connectivity index (χ1n) is 17.4. The first-order chi connectivity index (χ1) is 24.1. The number of hydrogen-bond donors (Lipinski definition) is 0. The van der Waals surface area contributed by atoms with Crippen LogP contribution in [0.3, 0.4) is 0 Å². The number of fused-ring (bicyclic) bond motifs is 4. The van der Waals surface area contributed by atoms with Gasteiger partial charge in [-0.3, -0.25) is 0 Å². The number of rotatable bonds is 5. The molecule has 2 unspecified atom stereocenters. The van der Waals surface area contributed by atoms with Crippen LogP contribution in [0.2, 0.25) is 5.76 Å². The molecule has 2 aliphatic carbocycles. The molecule has 51 heavy (non-hydrogen) atoms. The van der Waals surface area contributed by atoms with Gasteiger partial charge in [-0.25, -0.2) is 0 Å². The van der Waals surface area contributed by atoms with Crippen molar-refractivity contribution in [2.24, 2.45) is 0 Å². The van der Waals surface area contributed by atoms with Gasteiger partial charge in [0.2, 0.25) is 0 Å². The van der Waals surface area contributed by atoms with Gasteiger partial charge < -0.3 is 24.8 Å². The molecule has 7 aromatic carbocycles. The molecule has 0 amide bonds. The zero-order valence-electron chi connectivity index (χ0n) is 29.0. The predicted octanol–water partition coefficient (Wildman–Crippen LogP) is 5.60. The molecule has 0 saturated heterocycles. The van der Waals surface area contributed by atoms with E-state index in [0.29, 0.717) is 7.35 Å². The van der Waals surface area contributed by atoms with E-state index in [-0.39, 0.29) is 24.8 Å². The predicted molar refractivity (Wildman–Crippen MR) is 207 cm³/mol. The van der Waals surface area contributed by atoms with Crippen LogP contribution in [-0.2, 0) is 18.3 Å². The summed E-state index contributed by atoms with van der Waals surface area (Å²) in [5.41, 5.74) is 15.1. The van der Waals surface area contributed by atoms with Crippen LogP contribution in [0.4, 0.5) is 0 Å². The molecule has 0 fully saturated rings. The molecule has 2 atom stereocenters. The number of hydrogen-bond acceptors (Lipinski definition) is 0. The van der Waals surface area contributed by atoms with Gasteiger partial charge in [0, 0.05) is 0 Å². The molecule has 0 bridgehead atoms. The largest absolute Gasteiger partial charge is 1.00 e. The van der Waals surface area contributed by atoms with Gasteiger partial charge in [-0.2, -0.15) is 0 Å². The molecular formula is C47H38Cl2GeHf. The second-order valence-electron chi connectivity index (χ2n) is 13.7. The van der Waals surface area contributed by atoms with Crippen molar-refractivity contribution in [1.29, 1.82) is 0 Å². The van der Waals surface area contributed by atoms with E-state index in [9.17, 15) is 0 Å². The zero-order chi connectivity index (χ0) is 33.1. The van der Waals surface area contributed by atoms with Crippen LogP contribution < -0.4 is 29.2 Å². The standard InChI is InChI=1S/2C20H15.C7H8Ge.2ClH.Hf/c2*1-14-13-16-8-3-5-11-18(16)20(14)19-12-6-9-15-7-2-4-10-17(15)19;1-8-7-5-3-2-4-6-7;;;/h2*2-13H,1H3;2-6H,1H3;2*1H;/q;;;;;+2/p-2. The SMILES string of the molecule is CC1=C(c2cccc3ccccc23)c2ccccc2[CH]1[Hf+2]([CH]1C(C)=C(c2cccc3ccccc23)c2ccccc21)=[Ge]([CH3])[c]1ccccc1.[Cl-].[Cl-]. The van der Waals surface area contributed by atoms with E-state index < -0.39 is 28.4 Å². The smallest absolute Gasteiger partial charge is 1.00 e. The number of benzene rings is 7. The molecule has 0 saturated carbocycles. The summed E-state index contributed by atoms with van der Waals surface area (Å²) in [6.07, 6.45) is 0. The van der Waals surface area contributed by atoms with E-state index >= 15 is 0 Å². The maximum absolute atomic E-state index is 2.77. The summed E-state index contributed by atoms with van der Waals surface area (Å²) in [4.78, 5) is 0. The summed E-state index contributed by atoms with van der Waals surface area (Å²) in [6, 6.07) is 62.4. The fourth-order valence-electron chi connectivity index (χ4n) is 8.99. The van der Waals surface area contributed by atoms with Gasteiger partial charge in [-0.1, -0.05) is 0 Å². The van der Waals surface area contributed by atoms with Crippen molar-refractivity contribution in [2.75, 3.05) is 0 Å². The van der Waals surface area contributed by atoms with Crippen molar-refractivity contribution in [3.8, 4) is 0 Å². The summed E-state index contributed by atoms with van der Waals surface area (Å²) in [7, 11) is -1.75. The molecule has 0 aliphatic heterocycles. The summed E-state index contributed by atoms with van der Waals surface area (Å²) in [5.74, 6) is 2.75. The first-order valence-corrected chi connectivity index (χ1v) is 35.1. The Bertz CT molecular complexity index is 2380. The van der Waals surface area contributed by atoms with Crippen LogP contribution in [0.1, 0.15) is 54.6 Å². The topological polar surface area (TPSA) is 0 Å². The molecule has 0 nitrogen and oxygen atoms in total. The van der Waals surface area contributed by atoms with Gasteiger partial charge in [0.25, 0.3) is 0 Å². The summed E-state index contributed by atoms with van der Waals surface area (Å²) < 4.78 is 2.74. The van der Waals surface area contributed by atoms with E-state index in [2.05, 4.69) is 183 Å². The molecule has 7 aromatic rings. The Hall–Kier alpha value is -3.47. The maximum Gasteiger partial charge on any atom is -1.00 e. The van der Waals surface area contributed by atoms with Crippen molar-refractivity contribution in [2.45, 2.75) is 27.0 Å². The molecular weight excluding hydrogens is 887 g/mol. The minimum absolute atomic E-state index is 0. The molecule has 248 valence electrons. The minimum atomic E-state index is -2.77. The van der Waals surface area contributed by atoms with Gasteiger partial charge in [-0.15, -0.1) is 0 Å². The molecule has 9 rings (SSSR count). The van der Waals surface area contributed by atoms with Crippen molar-refractivity contribution in [3.63, 3.8) is 0 Å². The minimum Gasteiger partial charge on any atom is -1.00 e. The summed E-state index contributed by atoms with van der Waals surface area (Å²) in [6.45, 7) is 5.02. The second-order valence-corrected chi connectivity index (χ2v) is 48.8. The van der Waals surface area contributed by atoms with Crippen LogP contribution in [0, 0.1) is 0 Å². The fraction of sp³-hybridized carbons (Fsp3) is 0.106. The van der Waals surface area contributed by atoms with Gasteiger partial charge in [-0.05, 0) is 0 Å². The molecule has 0 spiro atoms. The van der Waals surface area contributed by atoms with Crippen molar-refractivity contribution in [3.05, 3.63) is 208 Å². The van der Waals surface area contributed by atoms with Crippen LogP contribution in [0.25, 0.3) is 32.7 Å². The van der Waals surface area contributed by atoms with Crippen LogP contribution in [0.5, 0.6) is 0 Å². The van der Waals surface area contributed by atoms with E-state index in [0.717, 1.165) is 0 Å². The van der Waals surface area contributed by atoms with E-state index in [1.54, 1.807) is 26.7 Å². The third kappa shape index (κ3) is 5.95. The quantitative estimate of drug-likeness (QED) is 0.198. The monoisotopic (exact) mass is 926 g/mol. The zero-order valence-corrected chi connectivity index (χ0v) is 36.2. The first kappa shape index (κ1) is 35.9. The Morgan fingerprint density at radius 1 is 0.412 bits per heavy atom. The van der Waals surface area contributed by atoms with Crippen molar-refractivity contribution in [1.82, 2.24) is 0 Å². The molecule has 0 N–H and O–H groups in total. The third-order valence-electron chi connectivity index (χ3n) is 11.1. The van der Waals surface area contributed by atoms with E-state index in [1.807, 2.05) is 0 Å². The molecule has 2 aliphatic rings. The van der Waals surface area contributed by atoms with Gasteiger partial charge in [0.1, 0.15) is 0 Å². The summed E-state index contributed by atoms with van der Waals surface area (Å²) in [5, 5.41) is 5.36. The second kappa shape index (κ2) is 14.9. The Balaban J connectivity index is 0.00000203. The van der Waals surface area contributed by atoms with Crippen LogP contribution in [-0.4, -0.2) is 10.1 Å². The third-order valence-corrected chi connectivity index (χ3v) is 56.7. The average molecular weight is 925 g/mol. The van der Waals surface area contributed by atoms with E-state index in [1.165, 1.54) is 54.9 Å². The summed E-state index contributed by atoms with van der Waals surface area (Å²) >= 11 is -2.77. The normalized spacial score (nSPS) is 15.9. The maximum atomic E-state index is 2.75.